The first kappa shape index (κ1) is 26.4. The molecule has 5 heterocycles. The summed E-state index contributed by atoms with van der Waals surface area (Å²) in [7, 11) is 2.08. The summed E-state index contributed by atoms with van der Waals surface area (Å²) >= 11 is 0. The summed E-state index contributed by atoms with van der Waals surface area (Å²) in [5.41, 5.74) is 6.55. The van der Waals surface area contributed by atoms with E-state index in [1.807, 2.05) is 37.4 Å². The number of fused-ring (bicyclic) bond motifs is 1. The predicted octanol–water partition coefficient (Wildman–Crippen LogP) is 4.37. The number of rotatable bonds is 8. The molecule has 0 radical (unpaired) electrons. The Labute approximate surface area is 235 Å². The largest absolute Gasteiger partial charge is 0.461 e. The van der Waals surface area contributed by atoms with Crippen molar-refractivity contribution in [3.8, 4) is 22.6 Å². The number of pyridine rings is 2. The number of hydrogen-bond acceptors (Lipinski definition) is 8. The number of anilines is 1. The zero-order valence-electron chi connectivity index (χ0n) is 23.3. The average Bonchev–Trinajstić information content (AvgIpc) is 3.62. The van der Waals surface area contributed by atoms with Crippen LogP contribution >= 0.6 is 0 Å². The molecule has 9 heteroatoms. The lowest BCUT2D eigenvalue weighted by Crippen LogP contribution is -2.42. The molecule has 2 saturated heterocycles. The van der Waals surface area contributed by atoms with Gasteiger partial charge < -0.3 is 24.8 Å². The molecule has 9 nitrogen and oxygen atoms in total. The van der Waals surface area contributed by atoms with Crippen LogP contribution in [-0.4, -0.2) is 88.1 Å². The van der Waals surface area contributed by atoms with Gasteiger partial charge in [-0.05, 0) is 70.1 Å². The first-order valence-electron chi connectivity index (χ1n) is 14.2. The van der Waals surface area contributed by atoms with Gasteiger partial charge in [0.2, 0.25) is 0 Å². The third-order valence-corrected chi connectivity index (χ3v) is 7.97. The van der Waals surface area contributed by atoms with Crippen LogP contribution < -0.4 is 5.32 Å². The molecule has 2 aliphatic rings. The zero-order chi connectivity index (χ0) is 27.5. The van der Waals surface area contributed by atoms with Crippen molar-refractivity contribution in [2.45, 2.75) is 32.3 Å². The lowest BCUT2D eigenvalue weighted by Gasteiger charge is -2.32. The van der Waals surface area contributed by atoms with Crippen molar-refractivity contribution in [3.05, 3.63) is 60.7 Å². The summed E-state index contributed by atoms with van der Waals surface area (Å²) in [6, 6.07) is 14.4. The summed E-state index contributed by atoms with van der Waals surface area (Å²) in [4.78, 5) is 34.5. The Bertz CT molecular complexity index is 1490. The molecule has 4 aromatic rings. The molecule has 2 N–H and O–H groups in total. The molecule has 2 aliphatic heterocycles. The smallest absolute Gasteiger partial charge is 0.310 e. The summed E-state index contributed by atoms with van der Waals surface area (Å²) < 4.78 is 5.82. The van der Waals surface area contributed by atoms with Crippen LogP contribution in [0, 0.1) is 12.8 Å². The second-order valence-corrected chi connectivity index (χ2v) is 11.1. The van der Waals surface area contributed by atoms with Crippen LogP contribution in [0.3, 0.4) is 0 Å². The fraction of sp³-hybridized carbons (Fsp3) is 0.419. The highest BCUT2D eigenvalue weighted by Gasteiger charge is 2.30. The molecule has 6 rings (SSSR count). The van der Waals surface area contributed by atoms with Gasteiger partial charge in [-0.2, -0.15) is 0 Å². The summed E-state index contributed by atoms with van der Waals surface area (Å²) in [5.74, 6) is -0.0481. The van der Waals surface area contributed by atoms with Crippen LogP contribution in [-0.2, 0) is 9.53 Å². The Kier molecular flexibility index (Phi) is 7.75. The number of aromatic nitrogens is 4. The minimum Gasteiger partial charge on any atom is -0.461 e. The third kappa shape index (κ3) is 6.00. The number of ether oxygens (including phenoxy) is 1. The maximum absolute atomic E-state index is 12.8. The number of nitrogens with one attached hydrogen (secondary N) is 2. The van der Waals surface area contributed by atoms with E-state index >= 15 is 0 Å². The third-order valence-electron chi connectivity index (χ3n) is 7.97. The van der Waals surface area contributed by atoms with Gasteiger partial charge in [0.25, 0.3) is 0 Å². The monoisotopic (exact) mass is 539 g/mol. The highest BCUT2D eigenvalue weighted by molar-refractivity contribution is 5.88. The first-order chi connectivity index (χ1) is 19.5. The van der Waals surface area contributed by atoms with E-state index in [0.29, 0.717) is 0 Å². The molecule has 0 saturated carbocycles. The van der Waals surface area contributed by atoms with Crippen molar-refractivity contribution in [3.63, 3.8) is 0 Å². The van der Waals surface area contributed by atoms with Crippen molar-refractivity contribution in [1.82, 2.24) is 29.7 Å². The number of carbonyl (C=O) groups is 1. The highest BCUT2D eigenvalue weighted by atomic mass is 16.5. The van der Waals surface area contributed by atoms with E-state index in [4.69, 9.17) is 4.74 Å². The second kappa shape index (κ2) is 11.7. The van der Waals surface area contributed by atoms with Gasteiger partial charge in [0, 0.05) is 49.4 Å². The Morgan fingerprint density at radius 3 is 2.90 bits per heavy atom. The lowest BCUT2D eigenvalue weighted by atomic mass is 9.98. The number of aromatic amines is 1. The number of carbonyl (C=O) groups excluding carboxylic acids is 1. The molecule has 0 aliphatic carbocycles. The molecular formula is C31H37N7O2. The molecule has 1 aromatic carbocycles. The maximum atomic E-state index is 12.8. The number of imidazole rings is 1. The topological polar surface area (TPSA) is 99.3 Å². The number of likely N-dealkylation sites (tertiary alicyclic amines) is 2. The van der Waals surface area contributed by atoms with Crippen LogP contribution in [0.5, 0.6) is 0 Å². The van der Waals surface area contributed by atoms with Gasteiger partial charge in [-0.1, -0.05) is 12.1 Å². The van der Waals surface area contributed by atoms with Crippen molar-refractivity contribution in [2.75, 3.05) is 51.6 Å². The molecule has 208 valence electrons. The lowest BCUT2D eigenvalue weighted by molar-refractivity contribution is -0.155. The molecule has 2 atom stereocenters. The van der Waals surface area contributed by atoms with Crippen molar-refractivity contribution >= 4 is 22.6 Å². The maximum Gasteiger partial charge on any atom is 0.310 e. The number of esters is 1. The summed E-state index contributed by atoms with van der Waals surface area (Å²) in [6.45, 7) is 7.27. The molecule has 40 heavy (non-hydrogen) atoms. The average molecular weight is 540 g/mol. The Hall–Kier alpha value is -3.82. The normalized spacial score (nSPS) is 20.1. The molecule has 3 aromatic heterocycles. The van der Waals surface area contributed by atoms with Gasteiger partial charge in [-0.25, -0.2) is 4.98 Å². The van der Waals surface area contributed by atoms with Gasteiger partial charge in [0.15, 0.2) is 0 Å². The van der Waals surface area contributed by atoms with Crippen LogP contribution in [0.2, 0.25) is 0 Å². The van der Waals surface area contributed by atoms with Crippen LogP contribution in [0.15, 0.2) is 55.0 Å². The van der Waals surface area contributed by atoms with Crippen LogP contribution in [0.1, 0.15) is 25.0 Å². The Morgan fingerprint density at radius 2 is 2.05 bits per heavy atom. The number of aryl methyl sites for hydroxylation is 1. The molecule has 0 spiro atoms. The fourth-order valence-corrected chi connectivity index (χ4v) is 5.83. The Morgan fingerprint density at radius 1 is 1.12 bits per heavy atom. The predicted molar refractivity (Wildman–Crippen MR) is 157 cm³/mol. The molecule has 0 bridgehead atoms. The number of H-pyrrole nitrogens is 1. The molecule has 2 fully saturated rings. The van der Waals surface area contributed by atoms with Crippen LogP contribution in [0.25, 0.3) is 33.5 Å². The zero-order valence-corrected chi connectivity index (χ0v) is 23.3. The first-order valence-corrected chi connectivity index (χ1v) is 14.2. The fourth-order valence-electron chi connectivity index (χ4n) is 5.83. The van der Waals surface area contributed by atoms with E-state index in [1.165, 1.54) is 0 Å². The quantitative estimate of drug-likeness (QED) is 0.319. The standard InChI is InChI=1S/C31H37N7O2/c1-21-5-3-7-28(36-21)30-29(34-20-35-30)22-8-9-27-24(15-22)16-25(17-33-27)32-11-14-38-12-4-6-23(18-38)31(39)40-26-10-13-37(2)19-26/h3,5,7-9,15-17,20,23,26,32H,4,6,10-14,18-19H2,1-2H3,(H,34,35)/t23-,26+/m1/s1. The van der Waals surface area contributed by atoms with E-state index in [2.05, 4.69) is 60.3 Å². The van der Waals surface area contributed by atoms with E-state index < -0.39 is 0 Å². The number of hydrogen-bond donors (Lipinski definition) is 2. The summed E-state index contributed by atoms with van der Waals surface area (Å²) in [5, 5.41) is 4.58. The molecule has 0 amide bonds. The number of likely N-dealkylation sites (N-methyl/N-ethyl adjacent to an activating group) is 1. The summed E-state index contributed by atoms with van der Waals surface area (Å²) in [6.07, 6.45) is 6.53. The van der Waals surface area contributed by atoms with E-state index in [1.54, 1.807) is 6.33 Å². The van der Waals surface area contributed by atoms with Gasteiger partial charge in [-0.3, -0.25) is 14.8 Å². The highest BCUT2D eigenvalue weighted by Crippen LogP contribution is 2.30. The van der Waals surface area contributed by atoms with E-state index in [9.17, 15) is 4.79 Å². The molecular weight excluding hydrogens is 502 g/mol. The van der Waals surface area contributed by atoms with E-state index in [-0.39, 0.29) is 18.0 Å². The van der Waals surface area contributed by atoms with Crippen molar-refractivity contribution in [2.24, 2.45) is 5.92 Å². The second-order valence-electron chi connectivity index (χ2n) is 11.1. The number of nitrogens with zero attached hydrogens (tertiary/aromatic N) is 5. The minimum absolute atomic E-state index is 0.0225. The van der Waals surface area contributed by atoms with E-state index in [0.717, 1.165) is 103 Å². The van der Waals surface area contributed by atoms with Gasteiger partial charge >= 0.3 is 5.97 Å². The van der Waals surface area contributed by atoms with Gasteiger partial charge in [0.1, 0.15) is 6.10 Å². The van der Waals surface area contributed by atoms with Crippen LogP contribution in [0.4, 0.5) is 5.69 Å². The SMILES string of the molecule is Cc1cccc(-c2[nH]cnc2-c2ccc3ncc(NCCN4CCC[C@@H](C(=O)O[C@H]5CCN(C)C5)C4)cc3c2)n1. The number of piperidine rings is 1. The minimum atomic E-state index is -0.0256. The van der Waals surface area contributed by atoms with Crippen molar-refractivity contribution in [1.29, 1.82) is 0 Å². The Balaban J connectivity index is 1.07. The van der Waals surface area contributed by atoms with Gasteiger partial charge in [0.05, 0.1) is 46.7 Å². The molecule has 0 unspecified atom stereocenters. The van der Waals surface area contributed by atoms with Crippen molar-refractivity contribution < 1.29 is 9.53 Å². The number of benzene rings is 1. The van der Waals surface area contributed by atoms with Gasteiger partial charge in [-0.15, -0.1) is 0 Å².